The summed E-state index contributed by atoms with van der Waals surface area (Å²) in [5.74, 6) is 0.521. The highest BCUT2D eigenvalue weighted by Crippen LogP contribution is 2.31. The van der Waals surface area contributed by atoms with Crippen LogP contribution in [0.25, 0.3) is 11.1 Å². The van der Waals surface area contributed by atoms with Gasteiger partial charge in [0.05, 0.1) is 11.1 Å². The van der Waals surface area contributed by atoms with Gasteiger partial charge < -0.3 is 10.2 Å². The zero-order valence-electron chi connectivity index (χ0n) is 8.18. The van der Waals surface area contributed by atoms with E-state index in [2.05, 4.69) is 15.2 Å². The molecule has 6 heteroatoms. The van der Waals surface area contributed by atoms with Crippen molar-refractivity contribution >= 4 is 28.7 Å². The molecule has 3 N–H and O–H groups in total. The zero-order chi connectivity index (χ0) is 11.0. The molecule has 2 aromatic heterocycles. The molecule has 2 heterocycles. The Hall–Kier alpha value is -1.95. The Labute approximate surface area is 95.0 Å². The first-order chi connectivity index (χ1) is 7.83. The molecule has 0 radical (unpaired) electrons. The molecule has 0 spiro atoms. The second-order valence-corrected chi connectivity index (χ2v) is 4.19. The average Bonchev–Trinajstić information content (AvgIpc) is 2.85. The van der Waals surface area contributed by atoms with Crippen LogP contribution in [0.4, 0.5) is 5.82 Å². The molecule has 0 atom stereocenters. The molecule has 0 saturated carbocycles. The predicted molar refractivity (Wildman–Crippen MR) is 61.1 cm³/mol. The van der Waals surface area contributed by atoms with E-state index in [-0.39, 0.29) is 0 Å². The third-order valence-corrected chi connectivity index (χ3v) is 3.00. The van der Waals surface area contributed by atoms with Crippen LogP contribution in [0.2, 0.25) is 0 Å². The summed E-state index contributed by atoms with van der Waals surface area (Å²) in [6.45, 7) is 0. The number of hydrogen-bond donors (Lipinski definition) is 2. The van der Waals surface area contributed by atoms with Gasteiger partial charge in [0.1, 0.15) is 11.3 Å². The Morgan fingerprint density at radius 2 is 2.19 bits per heavy atom. The lowest BCUT2D eigenvalue weighted by atomic mass is 10.3. The third kappa shape index (κ3) is 1.53. The molecule has 0 aliphatic rings. The highest BCUT2D eigenvalue weighted by molar-refractivity contribution is 7.99. The van der Waals surface area contributed by atoms with E-state index in [0.29, 0.717) is 11.0 Å². The summed E-state index contributed by atoms with van der Waals surface area (Å²) in [7, 11) is 0. The summed E-state index contributed by atoms with van der Waals surface area (Å²) in [5.41, 5.74) is 7.28. The van der Waals surface area contributed by atoms with E-state index in [1.54, 1.807) is 6.20 Å². The molecule has 0 fully saturated rings. The molecule has 80 valence electrons. The van der Waals surface area contributed by atoms with Crippen molar-refractivity contribution in [1.29, 1.82) is 0 Å². The van der Waals surface area contributed by atoms with Crippen LogP contribution in [0, 0.1) is 0 Å². The van der Waals surface area contributed by atoms with Crippen molar-refractivity contribution in [3.05, 3.63) is 30.5 Å². The second-order valence-electron chi connectivity index (χ2n) is 3.20. The smallest absolute Gasteiger partial charge is 0.261 e. The van der Waals surface area contributed by atoms with Crippen molar-refractivity contribution in [3.8, 4) is 0 Å². The van der Waals surface area contributed by atoms with Crippen molar-refractivity contribution in [1.82, 2.24) is 15.2 Å². The van der Waals surface area contributed by atoms with Gasteiger partial charge in [-0.1, -0.05) is 12.1 Å². The van der Waals surface area contributed by atoms with Gasteiger partial charge in [-0.3, -0.25) is 5.10 Å². The molecule has 1 aromatic carbocycles. The number of fused-ring (bicyclic) bond motifs is 1. The minimum absolute atomic E-state index is 0.521. The summed E-state index contributed by atoms with van der Waals surface area (Å²) < 4.78 is 5.55. The number of nitrogens with two attached hydrogens (primary N) is 1. The van der Waals surface area contributed by atoms with Crippen molar-refractivity contribution in [2.45, 2.75) is 10.1 Å². The lowest BCUT2D eigenvalue weighted by molar-refractivity contribution is 0.489. The van der Waals surface area contributed by atoms with Gasteiger partial charge >= 0.3 is 0 Å². The highest BCUT2D eigenvalue weighted by atomic mass is 32.2. The number of benzene rings is 1. The van der Waals surface area contributed by atoms with E-state index < -0.39 is 0 Å². The largest absolute Gasteiger partial charge is 0.431 e. The molecule has 0 aliphatic carbocycles. The van der Waals surface area contributed by atoms with E-state index in [1.807, 2.05) is 24.3 Å². The molecular weight excluding hydrogens is 224 g/mol. The van der Waals surface area contributed by atoms with Gasteiger partial charge in [0.2, 0.25) is 0 Å². The lowest BCUT2D eigenvalue weighted by Crippen LogP contribution is -1.85. The van der Waals surface area contributed by atoms with Crippen LogP contribution in [0.5, 0.6) is 0 Å². The first kappa shape index (κ1) is 9.29. The summed E-state index contributed by atoms with van der Waals surface area (Å²) in [4.78, 5) is 5.14. The molecule has 0 aliphatic heterocycles. The van der Waals surface area contributed by atoms with Crippen LogP contribution in [-0.2, 0) is 0 Å². The topological polar surface area (TPSA) is 80.7 Å². The van der Waals surface area contributed by atoms with Crippen LogP contribution >= 0.6 is 11.8 Å². The van der Waals surface area contributed by atoms with E-state index in [1.165, 1.54) is 11.8 Å². The monoisotopic (exact) mass is 232 g/mol. The summed E-state index contributed by atoms with van der Waals surface area (Å²) in [6.07, 6.45) is 1.65. The molecule has 0 amide bonds. The highest BCUT2D eigenvalue weighted by Gasteiger charge is 2.09. The molecule has 16 heavy (non-hydrogen) atoms. The number of nitrogens with zero attached hydrogens (tertiary/aromatic N) is 2. The van der Waals surface area contributed by atoms with Crippen LogP contribution in [0.1, 0.15) is 0 Å². The molecule has 0 bridgehead atoms. The van der Waals surface area contributed by atoms with Gasteiger partial charge in [0.25, 0.3) is 5.22 Å². The Bertz CT molecular complexity index is 597. The van der Waals surface area contributed by atoms with Gasteiger partial charge in [-0.25, -0.2) is 4.98 Å². The van der Waals surface area contributed by atoms with E-state index in [9.17, 15) is 0 Å². The lowest BCUT2D eigenvalue weighted by Gasteiger charge is -1.91. The molecule has 0 unspecified atom stereocenters. The minimum Gasteiger partial charge on any atom is -0.431 e. The zero-order valence-corrected chi connectivity index (χ0v) is 8.99. The van der Waals surface area contributed by atoms with Gasteiger partial charge in [-0.05, 0) is 23.9 Å². The number of rotatable bonds is 2. The molecule has 3 rings (SSSR count). The van der Waals surface area contributed by atoms with Crippen LogP contribution in [0.3, 0.4) is 0 Å². The molecule has 3 aromatic rings. The summed E-state index contributed by atoms with van der Waals surface area (Å²) >= 11 is 1.35. The van der Waals surface area contributed by atoms with Crippen LogP contribution in [-0.4, -0.2) is 15.2 Å². The Morgan fingerprint density at radius 1 is 1.31 bits per heavy atom. The SMILES string of the molecule is Nc1[nH]ncc1Sc1nc2ccccc2o1. The average molecular weight is 232 g/mol. The fourth-order valence-corrected chi connectivity index (χ4v) is 2.08. The van der Waals surface area contributed by atoms with Crippen molar-refractivity contribution < 1.29 is 4.42 Å². The van der Waals surface area contributed by atoms with E-state index >= 15 is 0 Å². The van der Waals surface area contributed by atoms with E-state index in [4.69, 9.17) is 10.2 Å². The Morgan fingerprint density at radius 3 is 2.94 bits per heavy atom. The van der Waals surface area contributed by atoms with Crippen molar-refractivity contribution in [3.63, 3.8) is 0 Å². The van der Waals surface area contributed by atoms with Crippen LogP contribution < -0.4 is 5.73 Å². The van der Waals surface area contributed by atoms with Gasteiger partial charge in [-0.15, -0.1) is 0 Å². The minimum atomic E-state index is 0.521. The first-order valence-corrected chi connectivity index (χ1v) is 5.47. The van der Waals surface area contributed by atoms with Crippen molar-refractivity contribution in [2.24, 2.45) is 0 Å². The number of H-pyrrole nitrogens is 1. The standard InChI is InChI=1S/C10H8N4OS/c11-9-8(5-12-14-9)16-10-13-6-3-1-2-4-7(6)15-10/h1-5H,(H3,11,12,14). The molecule has 5 nitrogen and oxygen atoms in total. The number of nitrogens with one attached hydrogen (secondary N) is 1. The first-order valence-electron chi connectivity index (χ1n) is 4.65. The maximum Gasteiger partial charge on any atom is 0.261 e. The number of nitrogen functional groups attached to an aromatic ring is 1. The third-order valence-electron chi connectivity index (χ3n) is 2.10. The summed E-state index contributed by atoms with van der Waals surface area (Å²) in [6, 6.07) is 7.62. The quantitative estimate of drug-likeness (QED) is 0.708. The normalized spacial score (nSPS) is 11.0. The number of aromatic amines is 1. The summed E-state index contributed by atoms with van der Waals surface area (Å²) in [5, 5.41) is 7.06. The predicted octanol–water partition coefficient (Wildman–Crippen LogP) is 2.28. The maximum absolute atomic E-state index is 5.67. The Kier molecular flexibility index (Phi) is 2.07. The van der Waals surface area contributed by atoms with Crippen LogP contribution in [0.15, 0.2) is 45.0 Å². The van der Waals surface area contributed by atoms with E-state index in [0.717, 1.165) is 16.0 Å². The Balaban J connectivity index is 1.98. The van der Waals surface area contributed by atoms with Gasteiger partial charge in [0, 0.05) is 0 Å². The fraction of sp³-hybridized carbons (Fsp3) is 0. The van der Waals surface area contributed by atoms with Gasteiger partial charge in [-0.2, -0.15) is 5.10 Å². The second kappa shape index (κ2) is 3.57. The fourth-order valence-electron chi connectivity index (χ4n) is 1.36. The molecular formula is C10H8N4OS. The number of aromatic nitrogens is 3. The van der Waals surface area contributed by atoms with Gasteiger partial charge in [0.15, 0.2) is 5.58 Å². The van der Waals surface area contributed by atoms with Crippen molar-refractivity contribution in [2.75, 3.05) is 5.73 Å². The number of anilines is 1. The molecule has 0 saturated heterocycles. The maximum atomic E-state index is 5.67. The number of oxazole rings is 1. The number of para-hydroxylation sites is 2. The number of hydrogen-bond acceptors (Lipinski definition) is 5.